The van der Waals surface area contributed by atoms with E-state index in [2.05, 4.69) is 9.97 Å². The lowest BCUT2D eigenvalue weighted by Crippen LogP contribution is -2.36. The van der Waals surface area contributed by atoms with Gasteiger partial charge in [0.25, 0.3) is 0 Å². The van der Waals surface area contributed by atoms with Crippen molar-refractivity contribution in [3.63, 3.8) is 0 Å². The molecule has 0 radical (unpaired) electrons. The van der Waals surface area contributed by atoms with Gasteiger partial charge in [0.15, 0.2) is 0 Å². The Hall–Kier alpha value is -1.11. The van der Waals surface area contributed by atoms with Crippen LogP contribution in [0.15, 0.2) is 6.20 Å². The lowest BCUT2D eigenvalue weighted by atomic mass is 10.2. The van der Waals surface area contributed by atoms with E-state index in [1.54, 1.807) is 4.90 Å². The van der Waals surface area contributed by atoms with Crippen LogP contribution >= 0.6 is 23.2 Å². The predicted octanol–water partition coefficient (Wildman–Crippen LogP) is 3.31. The van der Waals surface area contributed by atoms with Crippen LogP contribution < -0.4 is 0 Å². The molecule has 0 spiro atoms. The van der Waals surface area contributed by atoms with Crippen LogP contribution in [0.2, 0.25) is 10.4 Å². The lowest BCUT2D eigenvalue weighted by molar-refractivity contribution is 0.0183. The third kappa shape index (κ3) is 4.97. The summed E-state index contributed by atoms with van der Waals surface area (Å²) in [5, 5.41) is 0.382. The number of hydrogen-bond acceptors (Lipinski definition) is 5. The number of halogens is 2. The molecule has 1 aliphatic heterocycles. The summed E-state index contributed by atoms with van der Waals surface area (Å²) >= 11 is 11.6. The molecule has 2 heterocycles. The fourth-order valence-electron chi connectivity index (χ4n) is 2.03. The first-order valence-corrected chi connectivity index (χ1v) is 7.76. The van der Waals surface area contributed by atoms with Gasteiger partial charge in [0, 0.05) is 18.3 Å². The van der Waals surface area contributed by atoms with Crippen molar-refractivity contribution >= 4 is 29.3 Å². The number of carbonyl (C=O) groups is 1. The van der Waals surface area contributed by atoms with Crippen molar-refractivity contribution < 1.29 is 14.3 Å². The Bertz CT molecular complexity index is 549. The van der Waals surface area contributed by atoms with Crippen LogP contribution in [0.3, 0.4) is 0 Å². The first-order chi connectivity index (χ1) is 10.2. The Kier molecular flexibility index (Phi) is 5.47. The van der Waals surface area contributed by atoms with Crippen LogP contribution in [0.25, 0.3) is 0 Å². The normalized spacial score (nSPS) is 18.6. The van der Waals surface area contributed by atoms with Gasteiger partial charge in [-0.05, 0) is 38.8 Å². The van der Waals surface area contributed by atoms with Crippen LogP contribution in [-0.4, -0.2) is 45.8 Å². The van der Waals surface area contributed by atoms with E-state index in [4.69, 9.17) is 32.7 Å². The minimum Gasteiger partial charge on any atom is -0.444 e. The maximum Gasteiger partial charge on any atom is 0.410 e. The summed E-state index contributed by atoms with van der Waals surface area (Å²) in [6.07, 6.45) is 1.93. The molecule has 6 nitrogen and oxygen atoms in total. The zero-order valence-electron chi connectivity index (χ0n) is 12.8. The van der Waals surface area contributed by atoms with Crippen LogP contribution in [0.4, 0.5) is 4.79 Å². The van der Waals surface area contributed by atoms with Crippen LogP contribution in [0.5, 0.6) is 0 Å². The smallest absolute Gasteiger partial charge is 0.410 e. The summed E-state index contributed by atoms with van der Waals surface area (Å²) in [6, 6.07) is 0. The highest BCUT2D eigenvalue weighted by Crippen LogP contribution is 2.20. The summed E-state index contributed by atoms with van der Waals surface area (Å²) in [5.74, 6) is 0. The van der Waals surface area contributed by atoms with Gasteiger partial charge < -0.3 is 14.4 Å². The van der Waals surface area contributed by atoms with Crippen molar-refractivity contribution in [2.24, 2.45) is 0 Å². The van der Waals surface area contributed by atoms with Gasteiger partial charge >= 0.3 is 6.09 Å². The molecule has 1 saturated heterocycles. The highest BCUT2D eigenvalue weighted by molar-refractivity contribution is 6.32. The Morgan fingerprint density at radius 2 is 2.18 bits per heavy atom. The van der Waals surface area contributed by atoms with E-state index in [9.17, 15) is 4.79 Å². The second kappa shape index (κ2) is 6.98. The van der Waals surface area contributed by atoms with E-state index in [0.717, 1.165) is 6.42 Å². The number of rotatable bonds is 3. The predicted molar refractivity (Wildman–Crippen MR) is 83.1 cm³/mol. The molecule has 0 unspecified atom stereocenters. The molecule has 1 aromatic rings. The number of likely N-dealkylation sites (tertiary alicyclic amines) is 1. The summed E-state index contributed by atoms with van der Waals surface area (Å²) in [5.41, 5.74) is 0.172. The fourth-order valence-corrected chi connectivity index (χ4v) is 2.39. The zero-order chi connectivity index (χ0) is 16.3. The molecule has 1 aliphatic rings. The molecule has 0 aromatic carbocycles. The summed E-state index contributed by atoms with van der Waals surface area (Å²) in [6.45, 7) is 6.93. The van der Waals surface area contributed by atoms with Crippen molar-refractivity contribution in [3.8, 4) is 0 Å². The molecule has 1 amide bonds. The van der Waals surface area contributed by atoms with Crippen molar-refractivity contribution in [1.82, 2.24) is 14.9 Å². The molecule has 0 saturated carbocycles. The van der Waals surface area contributed by atoms with Gasteiger partial charge in [-0.15, -0.1) is 0 Å². The maximum atomic E-state index is 12.0. The van der Waals surface area contributed by atoms with Gasteiger partial charge in [-0.1, -0.05) is 11.6 Å². The van der Waals surface area contributed by atoms with Gasteiger partial charge in [0.2, 0.25) is 5.28 Å². The Labute approximate surface area is 139 Å². The molecule has 2 rings (SSSR count). The Morgan fingerprint density at radius 1 is 1.45 bits per heavy atom. The number of carbonyl (C=O) groups excluding carboxylic acids is 1. The summed E-state index contributed by atoms with van der Waals surface area (Å²) in [7, 11) is 0. The molecule has 1 fully saturated rings. The van der Waals surface area contributed by atoms with Gasteiger partial charge in [-0.3, -0.25) is 0 Å². The van der Waals surface area contributed by atoms with E-state index in [-0.39, 0.29) is 29.2 Å². The first kappa shape index (κ1) is 17.2. The van der Waals surface area contributed by atoms with Crippen LogP contribution in [-0.2, 0) is 16.1 Å². The van der Waals surface area contributed by atoms with Gasteiger partial charge in [-0.25, -0.2) is 14.8 Å². The van der Waals surface area contributed by atoms with Crippen molar-refractivity contribution in [1.29, 1.82) is 0 Å². The second-order valence-electron chi connectivity index (χ2n) is 6.10. The number of aromatic nitrogens is 2. The van der Waals surface area contributed by atoms with Gasteiger partial charge in [0.05, 0.1) is 19.3 Å². The van der Waals surface area contributed by atoms with Crippen LogP contribution in [0.1, 0.15) is 32.8 Å². The second-order valence-corrected chi connectivity index (χ2v) is 6.80. The third-order valence-corrected chi connectivity index (χ3v) is 3.56. The van der Waals surface area contributed by atoms with Crippen LogP contribution in [0, 0.1) is 0 Å². The molecule has 22 heavy (non-hydrogen) atoms. The average molecular weight is 348 g/mol. The fraction of sp³-hybridized carbons (Fsp3) is 0.643. The summed E-state index contributed by atoms with van der Waals surface area (Å²) in [4.78, 5) is 21.3. The largest absolute Gasteiger partial charge is 0.444 e. The lowest BCUT2D eigenvalue weighted by Gasteiger charge is -2.24. The average Bonchev–Trinajstić information content (AvgIpc) is 2.84. The number of nitrogens with zero attached hydrogens (tertiary/aromatic N) is 3. The molecule has 122 valence electrons. The zero-order valence-corrected chi connectivity index (χ0v) is 14.3. The quantitative estimate of drug-likeness (QED) is 0.619. The molecule has 0 bridgehead atoms. The third-order valence-electron chi connectivity index (χ3n) is 3.05. The van der Waals surface area contributed by atoms with E-state index in [1.165, 1.54) is 6.20 Å². The molecule has 0 N–H and O–H groups in total. The molecule has 0 aliphatic carbocycles. The van der Waals surface area contributed by atoms with E-state index in [1.807, 2.05) is 20.8 Å². The monoisotopic (exact) mass is 347 g/mol. The number of amides is 1. The summed E-state index contributed by atoms with van der Waals surface area (Å²) < 4.78 is 11.1. The van der Waals surface area contributed by atoms with E-state index >= 15 is 0 Å². The molecule has 1 atom stereocenters. The van der Waals surface area contributed by atoms with Gasteiger partial charge in [-0.2, -0.15) is 0 Å². The Balaban J connectivity index is 1.82. The van der Waals surface area contributed by atoms with Crippen molar-refractivity contribution in [3.05, 3.63) is 22.2 Å². The topological polar surface area (TPSA) is 64.5 Å². The minimum absolute atomic E-state index is 0.0562. The highest BCUT2D eigenvalue weighted by atomic mass is 35.5. The van der Waals surface area contributed by atoms with E-state index in [0.29, 0.717) is 18.7 Å². The minimum atomic E-state index is -0.496. The first-order valence-electron chi connectivity index (χ1n) is 7.01. The maximum absolute atomic E-state index is 12.0. The van der Waals surface area contributed by atoms with Gasteiger partial charge in [0.1, 0.15) is 10.8 Å². The standard InChI is InChI=1S/C14H19Cl2N3O3/c1-14(2,3)22-13(20)19-5-4-10(7-19)21-8-9-6-17-12(16)18-11(9)15/h6,10H,4-5,7-8H2,1-3H3/t10-/m0/s1. The highest BCUT2D eigenvalue weighted by Gasteiger charge is 2.30. The molecule has 8 heteroatoms. The molecular weight excluding hydrogens is 329 g/mol. The van der Waals surface area contributed by atoms with Crippen molar-refractivity contribution in [2.75, 3.05) is 13.1 Å². The Morgan fingerprint density at radius 3 is 2.82 bits per heavy atom. The number of ether oxygens (including phenoxy) is 2. The molecular formula is C14H19Cl2N3O3. The SMILES string of the molecule is CC(C)(C)OC(=O)N1CC[C@H](OCc2cnc(Cl)nc2Cl)C1. The molecule has 1 aromatic heterocycles. The number of hydrogen-bond donors (Lipinski definition) is 0. The van der Waals surface area contributed by atoms with Crippen molar-refractivity contribution in [2.45, 2.75) is 45.5 Å². The van der Waals surface area contributed by atoms with E-state index < -0.39 is 5.60 Å².